The Bertz CT molecular complexity index is 1300. The molecule has 2 heterocycles. The molecule has 0 bridgehead atoms. The van der Waals surface area contributed by atoms with Gasteiger partial charge in [0, 0.05) is 82.9 Å². The number of benzene rings is 3. The maximum Gasteiger partial charge on any atom is 0.311 e. The number of amides is 1. The predicted octanol–water partition coefficient (Wildman–Crippen LogP) is 5.88. The molecule has 42 heavy (non-hydrogen) atoms. The van der Waals surface area contributed by atoms with E-state index < -0.39 is 4.92 Å². The second-order valence-electron chi connectivity index (χ2n) is 10.5. The maximum absolute atomic E-state index is 12.9. The van der Waals surface area contributed by atoms with Crippen molar-refractivity contribution in [3.63, 3.8) is 0 Å². The Kier molecular flexibility index (Phi) is 10.8. The molecule has 5 rings (SSSR count). The monoisotopic (exact) mass is 574 g/mol. The van der Waals surface area contributed by atoms with Gasteiger partial charge in [-0.05, 0) is 36.2 Å². The molecule has 0 aliphatic carbocycles. The molecule has 0 saturated carbocycles. The molecule has 0 radical (unpaired) electrons. The van der Waals surface area contributed by atoms with E-state index in [4.69, 9.17) is 9.47 Å². The molecule has 3 aromatic rings. The first-order chi connectivity index (χ1) is 20.0. The lowest BCUT2D eigenvalue weighted by Crippen LogP contribution is -2.48. The van der Waals surface area contributed by atoms with Gasteiger partial charge in [-0.2, -0.15) is 0 Å². The number of anilines is 1. The van der Waals surface area contributed by atoms with E-state index in [-0.39, 0.29) is 30.9 Å². The molecule has 1 amide bonds. The van der Waals surface area contributed by atoms with Crippen LogP contribution in [-0.4, -0.2) is 79.2 Å². The summed E-state index contributed by atoms with van der Waals surface area (Å²) in [5, 5.41) is 11.2. The van der Waals surface area contributed by atoms with Gasteiger partial charge in [0.1, 0.15) is 11.9 Å². The third kappa shape index (κ3) is 7.79. The first kappa shape index (κ1) is 30.8. The van der Waals surface area contributed by atoms with Gasteiger partial charge >= 0.3 is 5.69 Å². The molecular formula is C33H42N4O5. The van der Waals surface area contributed by atoms with Crippen molar-refractivity contribution >= 4 is 17.3 Å². The quantitative estimate of drug-likeness (QED) is 0.221. The summed E-state index contributed by atoms with van der Waals surface area (Å²) in [7, 11) is 0. The van der Waals surface area contributed by atoms with Crippen molar-refractivity contribution in [2.45, 2.75) is 39.7 Å². The van der Waals surface area contributed by atoms with Gasteiger partial charge in [-0.1, -0.05) is 49.9 Å². The summed E-state index contributed by atoms with van der Waals surface area (Å²) in [5.41, 5.74) is 3.63. The van der Waals surface area contributed by atoms with Gasteiger partial charge in [0.05, 0.1) is 11.5 Å². The molecular weight excluding hydrogens is 532 g/mol. The summed E-state index contributed by atoms with van der Waals surface area (Å²) in [6.07, 6.45) is 1.95. The lowest BCUT2D eigenvalue weighted by atomic mass is 10.1. The van der Waals surface area contributed by atoms with E-state index in [1.165, 1.54) is 22.9 Å². The van der Waals surface area contributed by atoms with E-state index in [0.717, 1.165) is 45.6 Å². The Balaban J connectivity index is 0.00000405. The minimum Gasteiger partial charge on any atom is -0.490 e. The van der Waals surface area contributed by atoms with Crippen molar-refractivity contribution in [2.24, 2.45) is 0 Å². The number of ether oxygens (including phenoxy) is 2. The molecule has 2 aliphatic rings. The zero-order valence-electron chi connectivity index (χ0n) is 23.6. The molecule has 0 spiro atoms. The summed E-state index contributed by atoms with van der Waals surface area (Å²) in [5.74, 6) is 0.955. The van der Waals surface area contributed by atoms with Crippen LogP contribution in [0.5, 0.6) is 11.5 Å². The van der Waals surface area contributed by atoms with Crippen LogP contribution in [0, 0.1) is 10.1 Å². The molecule has 0 aromatic heterocycles. The molecule has 0 atom stereocenters. The van der Waals surface area contributed by atoms with E-state index in [0.29, 0.717) is 31.9 Å². The highest BCUT2D eigenvalue weighted by molar-refractivity contribution is 5.76. The fourth-order valence-corrected chi connectivity index (χ4v) is 5.54. The zero-order chi connectivity index (χ0) is 28.6. The number of carbonyl (C=O) groups is 1. The van der Waals surface area contributed by atoms with Crippen LogP contribution < -0.4 is 14.4 Å². The lowest BCUT2D eigenvalue weighted by molar-refractivity contribution is -0.385. The lowest BCUT2D eigenvalue weighted by Gasteiger charge is -2.37. The van der Waals surface area contributed by atoms with E-state index in [1.807, 2.05) is 11.0 Å². The number of nitrogens with zero attached hydrogens (tertiary/aromatic N) is 4. The Morgan fingerprint density at radius 1 is 0.905 bits per heavy atom. The zero-order valence-corrected chi connectivity index (χ0v) is 23.6. The van der Waals surface area contributed by atoms with Crippen molar-refractivity contribution in [2.75, 3.05) is 57.3 Å². The average molecular weight is 575 g/mol. The topological polar surface area (TPSA) is 88.4 Å². The summed E-state index contributed by atoms with van der Waals surface area (Å²) in [4.78, 5) is 30.4. The first-order valence-electron chi connectivity index (χ1n) is 14.5. The van der Waals surface area contributed by atoms with Gasteiger partial charge in [0.25, 0.3) is 0 Å². The van der Waals surface area contributed by atoms with E-state index in [9.17, 15) is 14.9 Å². The molecule has 9 heteroatoms. The predicted molar refractivity (Wildman–Crippen MR) is 166 cm³/mol. The van der Waals surface area contributed by atoms with Gasteiger partial charge in [0.2, 0.25) is 11.7 Å². The molecule has 2 aliphatic heterocycles. The normalized spacial score (nSPS) is 16.0. The van der Waals surface area contributed by atoms with Crippen molar-refractivity contribution in [3.05, 3.63) is 82.9 Å². The number of piperidine rings is 1. The number of piperazine rings is 1. The largest absolute Gasteiger partial charge is 0.490 e. The molecule has 224 valence electrons. The molecule has 0 unspecified atom stereocenters. The summed E-state index contributed by atoms with van der Waals surface area (Å²) >= 11 is 0. The van der Waals surface area contributed by atoms with Crippen LogP contribution in [-0.2, 0) is 4.79 Å². The maximum atomic E-state index is 12.9. The van der Waals surface area contributed by atoms with E-state index in [2.05, 4.69) is 58.3 Å². The molecule has 3 aromatic carbocycles. The minimum absolute atomic E-state index is 0. The summed E-state index contributed by atoms with van der Waals surface area (Å²) < 4.78 is 11.5. The molecule has 2 fully saturated rings. The average Bonchev–Trinajstić information content (AvgIpc) is 3.01. The minimum atomic E-state index is -0.455. The van der Waals surface area contributed by atoms with Crippen molar-refractivity contribution < 1.29 is 19.2 Å². The third-order valence-electron chi connectivity index (χ3n) is 7.88. The van der Waals surface area contributed by atoms with Gasteiger partial charge in [0.15, 0.2) is 0 Å². The van der Waals surface area contributed by atoms with Crippen LogP contribution >= 0.6 is 0 Å². The van der Waals surface area contributed by atoms with Crippen LogP contribution in [0.15, 0.2) is 72.8 Å². The third-order valence-corrected chi connectivity index (χ3v) is 7.88. The first-order valence-corrected chi connectivity index (χ1v) is 14.5. The Labute approximate surface area is 248 Å². The second-order valence-corrected chi connectivity index (χ2v) is 10.5. The van der Waals surface area contributed by atoms with Gasteiger partial charge < -0.3 is 19.3 Å². The van der Waals surface area contributed by atoms with Crippen molar-refractivity contribution in [1.29, 1.82) is 0 Å². The Hall–Kier alpha value is -4.11. The summed E-state index contributed by atoms with van der Waals surface area (Å²) in [6, 6.07) is 23.8. The van der Waals surface area contributed by atoms with Crippen LogP contribution in [0.3, 0.4) is 0 Å². The van der Waals surface area contributed by atoms with Gasteiger partial charge in [-0.3, -0.25) is 19.8 Å². The fourth-order valence-electron chi connectivity index (χ4n) is 5.54. The van der Waals surface area contributed by atoms with E-state index >= 15 is 0 Å². The number of nitro groups is 1. The number of rotatable bonds is 10. The Morgan fingerprint density at radius 3 is 2.21 bits per heavy atom. The highest BCUT2D eigenvalue weighted by Gasteiger charge is 2.26. The molecule has 9 nitrogen and oxygen atoms in total. The highest BCUT2D eigenvalue weighted by atomic mass is 16.6. The van der Waals surface area contributed by atoms with Crippen LogP contribution in [0.2, 0.25) is 0 Å². The van der Waals surface area contributed by atoms with Crippen molar-refractivity contribution in [1.82, 2.24) is 9.80 Å². The van der Waals surface area contributed by atoms with Gasteiger partial charge in [-0.15, -0.1) is 0 Å². The number of nitro benzene ring substituents is 1. The Morgan fingerprint density at radius 2 is 1.57 bits per heavy atom. The highest BCUT2D eigenvalue weighted by Crippen LogP contribution is 2.32. The number of hydrogen-bond acceptors (Lipinski definition) is 7. The van der Waals surface area contributed by atoms with Crippen LogP contribution in [0.4, 0.5) is 11.4 Å². The molecule has 2 saturated heterocycles. The van der Waals surface area contributed by atoms with E-state index in [1.54, 1.807) is 19.1 Å². The summed E-state index contributed by atoms with van der Waals surface area (Å²) in [6.45, 7) is 8.01. The number of likely N-dealkylation sites (tertiary alicyclic amines) is 1. The fraction of sp³-hybridized carbons (Fsp3) is 0.424. The molecule has 0 N–H and O–H groups in total. The standard InChI is InChI=1S/C32H38N4O5.CH4/c1-2-40-31-24-29(12-13-30(31)36(38)39)41-28-14-18-35(19-15-28)32(37)16-17-33-20-22-34(23-21-33)27-10-8-26(9-11-27)25-6-4-3-5-7-25;/h3-13,24,28H,2,14-23H2,1H3;1H4. The van der Waals surface area contributed by atoms with Crippen LogP contribution in [0.25, 0.3) is 11.1 Å². The second kappa shape index (κ2) is 14.7. The number of carbonyl (C=O) groups excluding carboxylic acids is 1. The van der Waals surface area contributed by atoms with Crippen molar-refractivity contribution in [3.8, 4) is 22.6 Å². The van der Waals surface area contributed by atoms with Gasteiger partial charge in [-0.25, -0.2) is 0 Å². The number of hydrogen-bond donors (Lipinski definition) is 0. The SMILES string of the molecule is C.CCOc1cc(OC2CCN(C(=O)CCN3CCN(c4ccc(-c5ccccc5)cc4)CC3)CC2)ccc1[N+](=O)[O-]. The van der Waals surface area contributed by atoms with Crippen LogP contribution in [0.1, 0.15) is 33.6 Å². The smallest absolute Gasteiger partial charge is 0.311 e.